The molecule has 3 heteroatoms. The summed E-state index contributed by atoms with van der Waals surface area (Å²) >= 11 is 0. The number of likely N-dealkylation sites (N-methyl/N-ethyl adjacent to an activating group) is 2. The highest BCUT2D eigenvalue weighted by molar-refractivity contribution is 4.35. The first-order valence-electron chi connectivity index (χ1n) is 5.08. The van der Waals surface area contributed by atoms with E-state index in [1.54, 1.807) is 0 Å². The molecule has 0 aromatic heterocycles. The van der Waals surface area contributed by atoms with Crippen LogP contribution < -0.4 is 0 Å². The molecule has 0 aliphatic rings. The molecule has 0 saturated heterocycles. The summed E-state index contributed by atoms with van der Waals surface area (Å²) in [6.07, 6.45) is 0. The van der Waals surface area contributed by atoms with Gasteiger partial charge in [0.15, 0.2) is 0 Å². The SMILES string of the molecule is CC[N+](C)(C)CC[N+](C)(C)CCO. The fraction of sp³-hybridized carbons (Fsp3) is 1.00. The number of hydrogen-bond acceptors (Lipinski definition) is 1. The van der Waals surface area contributed by atoms with Gasteiger partial charge in [0.05, 0.1) is 41.3 Å². The lowest BCUT2D eigenvalue weighted by Gasteiger charge is -2.34. The molecule has 0 aromatic carbocycles. The van der Waals surface area contributed by atoms with Crippen molar-refractivity contribution in [3.63, 3.8) is 0 Å². The predicted molar refractivity (Wildman–Crippen MR) is 56.4 cm³/mol. The number of quaternary nitrogens is 2. The summed E-state index contributed by atoms with van der Waals surface area (Å²) in [5, 5.41) is 8.87. The Morgan fingerprint density at radius 2 is 1.31 bits per heavy atom. The van der Waals surface area contributed by atoms with Crippen molar-refractivity contribution in [2.24, 2.45) is 0 Å². The molecular weight excluding hydrogens is 164 g/mol. The Morgan fingerprint density at radius 1 is 0.846 bits per heavy atom. The lowest BCUT2D eigenvalue weighted by molar-refractivity contribution is -0.945. The van der Waals surface area contributed by atoms with Gasteiger partial charge in [0.2, 0.25) is 0 Å². The second-order valence-corrected chi connectivity index (χ2v) is 5.08. The summed E-state index contributed by atoms with van der Waals surface area (Å²) in [6.45, 7) is 6.81. The summed E-state index contributed by atoms with van der Waals surface area (Å²) in [4.78, 5) is 0. The van der Waals surface area contributed by atoms with Gasteiger partial charge in [-0.25, -0.2) is 0 Å². The van der Waals surface area contributed by atoms with E-state index in [2.05, 4.69) is 35.1 Å². The molecule has 0 rings (SSSR count). The number of rotatable bonds is 6. The Hall–Kier alpha value is -0.120. The topological polar surface area (TPSA) is 20.2 Å². The van der Waals surface area contributed by atoms with Crippen molar-refractivity contribution < 1.29 is 14.1 Å². The molecule has 0 amide bonds. The molecule has 1 N–H and O–H groups in total. The van der Waals surface area contributed by atoms with Crippen molar-refractivity contribution in [3.8, 4) is 0 Å². The molecule has 0 saturated carbocycles. The second-order valence-electron chi connectivity index (χ2n) is 5.08. The molecule has 0 bridgehead atoms. The first-order chi connectivity index (χ1) is 5.83. The monoisotopic (exact) mass is 190 g/mol. The molecule has 13 heavy (non-hydrogen) atoms. The zero-order valence-corrected chi connectivity index (χ0v) is 9.88. The minimum Gasteiger partial charge on any atom is -0.391 e. The summed E-state index contributed by atoms with van der Waals surface area (Å²) in [7, 11) is 8.84. The third-order valence-electron chi connectivity index (χ3n) is 2.87. The van der Waals surface area contributed by atoms with Crippen LogP contribution in [-0.4, -0.2) is 75.0 Å². The fourth-order valence-corrected chi connectivity index (χ4v) is 1.08. The van der Waals surface area contributed by atoms with Crippen molar-refractivity contribution >= 4 is 0 Å². The quantitative estimate of drug-likeness (QED) is 0.591. The van der Waals surface area contributed by atoms with Crippen LogP contribution in [0, 0.1) is 0 Å². The van der Waals surface area contributed by atoms with E-state index in [1.165, 1.54) is 13.1 Å². The maximum absolute atomic E-state index is 8.87. The summed E-state index contributed by atoms with van der Waals surface area (Å²) in [5.41, 5.74) is 0. The maximum atomic E-state index is 8.87. The van der Waals surface area contributed by atoms with Gasteiger partial charge in [0.25, 0.3) is 0 Å². The highest BCUT2D eigenvalue weighted by Gasteiger charge is 2.20. The summed E-state index contributed by atoms with van der Waals surface area (Å²) in [5.74, 6) is 0. The Morgan fingerprint density at radius 3 is 1.69 bits per heavy atom. The predicted octanol–water partition coefficient (Wildman–Crippen LogP) is 0.151. The third-order valence-corrected chi connectivity index (χ3v) is 2.87. The van der Waals surface area contributed by atoms with E-state index in [9.17, 15) is 0 Å². The highest BCUT2D eigenvalue weighted by Crippen LogP contribution is 2.01. The van der Waals surface area contributed by atoms with E-state index in [1.807, 2.05) is 0 Å². The zero-order chi connectivity index (χ0) is 10.5. The van der Waals surface area contributed by atoms with Gasteiger partial charge in [0, 0.05) is 0 Å². The average Bonchev–Trinajstić information content (AvgIpc) is 2.02. The average molecular weight is 190 g/mol. The molecule has 0 radical (unpaired) electrons. The van der Waals surface area contributed by atoms with Crippen molar-refractivity contribution in [2.45, 2.75) is 6.92 Å². The van der Waals surface area contributed by atoms with E-state index < -0.39 is 0 Å². The lowest BCUT2D eigenvalue weighted by Crippen LogP contribution is -2.51. The largest absolute Gasteiger partial charge is 0.391 e. The Bertz CT molecular complexity index is 144. The number of aliphatic hydroxyl groups is 1. The van der Waals surface area contributed by atoms with Crippen LogP contribution in [0.4, 0.5) is 0 Å². The molecule has 0 aliphatic heterocycles. The van der Waals surface area contributed by atoms with Crippen molar-refractivity contribution in [1.82, 2.24) is 0 Å². The van der Waals surface area contributed by atoms with Gasteiger partial charge in [-0.05, 0) is 6.92 Å². The lowest BCUT2D eigenvalue weighted by atomic mass is 10.3. The second kappa shape index (κ2) is 4.94. The molecule has 0 aliphatic carbocycles. The maximum Gasteiger partial charge on any atom is 0.128 e. The van der Waals surface area contributed by atoms with E-state index >= 15 is 0 Å². The number of nitrogens with zero attached hydrogens (tertiary/aromatic N) is 2. The van der Waals surface area contributed by atoms with E-state index in [0.29, 0.717) is 0 Å². The van der Waals surface area contributed by atoms with Gasteiger partial charge in [-0.15, -0.1) is 0 Å². The van der Waals surface area contributed by atoms with Crippen molar-refractivity contribution in [2.75, 3.05) is 61.0 Å². The first-order valence-corrected chi connectivity index (χ1v) is 5.08. The summed E-state index contributed by atoms with van der Waals surface area (Å²) in [6, 6.07) is 0. The van der Waals surface area contributed by atoms with Gasteiger partial charge in [0.1, 0.15) is 19.6 Å². The normalized spacial score (nSPS) is 13.4. The van der Waals surface area contributed by atoms with Gasteiger partial charge >= 0.3 is 0 Å². The molecule has 0 unspecified atom stereocenters. The highest BCUT2D eigenvalue weighted by atomic mass is 16.3. The van der Waals surface area contributed by atoms with Crippen LogP contribution >= 0.6 is 0 Å². The van der Waals surface area contributed by atoms with Crippen molar-refractivity contribution in [3.05, 3.63) is 0 Å². The molecular formula is C10H26N2O+2. The van der Waals surface area contributed by atoms with Crippen LogP contribution in [0.3, 0.4) is 0 Å². The van der Waals surface area contributed by atoms with E-state index in [0.717, 1.165) is 22.1 Å². The Labute approximate surface area is 82.8 Å². The molecule has 0 spiro atoms. The van der Waals surface area contributed by atoms with Crippen LogP contribution in [0.15, 0.2) is 0 Å². The van der Waals surface area contributed by atoms with Crippen LogP contribution in [0.1, 0.15) is 6.92 Å². The molecule has 80 valence electrons. The van der Waals surface area contributed by atoms with Gasteiger partial charge in [-0.2, -0.15) is 0 Å². The Balaban J connectivity index is 3.86. The minimum atomic E-state index is 0.284. The number of hydrogen-bond donors (Lipinski definition) is 1. The van der Waals surface area contributed by atoms with Crippen LogP contribution in [0.2, 0.25) is 0 Å². The zero-order valence-electron chi connectivity index (χ0n) is 9.88. The minimum absolute atomic E-state index is 0.284. The van der Waals surface area contributed by atoms with Gasteiger partial charge in [-0.3, -0.25) is 0 Å². The van der Waals surface area contributed by atoms with Gasteiger partial charge in [-0.1, -0.05) is 0 Å². The van der Waals surface area contributed by atoms with E-state index in [4.69, 9.17) is 5.11 Å². The summed E-state index contributed by atoms with van der Waals surface area (Å²) < 4.78 is 1.98. The van der Waals surface area contributed by atoms with Crippen LogP contribution in [0.25, 0.3) is 0 Å². The van der Waals surface area contributed by atoms with Crippen molar-refractivity contribution in [1.29, 1.82) is 0 Å². The Kier molecular flexibility index (Phi) is 4.89. The standard InChI is InChI=1S/C10H26N2O/c1-6-11(2,3)7-8-12(4,5)9-10-13/h13H,6-10H2,1-5H3/q+2. The smallest absolute Gasteiger partial charge is 0.128 e. The van der Waals surface area contributed by atoms with Crippen LogP contribution in [-0.2, 0) is 0 Å². The molecule has 0 atom stereocenters. The fourth-order valence-electron chi connectivity index (χ4n) is 1.08. The van der Waals surface area contributed by atoms with Gasteiger partial charge < -0.3 is 14.1 Å². The molecule has 0 fully saturated rings. The molecule has 0 heterocycles. The third kappa shape index (κ3) is 6.02. The van der Waals surface area contributed by atoms with E-state index in [-0.39, 0.29) is 6.61 Å². The first kappa shape index (κ1) is 12.9. The molecule has 3 nitrogen and oxygen atoms in total. The van der Waals surface area contributed by atoms with Crippen LogP contribution in [0.5, 0.6) is 0 Å². The number of aliphatic hydroxyl groups excluding tert-OH is 1. The molecule has 0 aromatic rings.